The Morgan fingerprint density at radius 2 is 1.96 bits per heavy atom. The largest absolute Gasteiger partial charge is 0.493 e. The molecule has 1 N–H and O–H groups in total. The van der Waals surface area contributed by atoms with Crippen LogP contribution in [-0.2, 0) is 4.74 Å². The Morgan fingerprint density at radius 1 is 1.12 bits per heavy atom. The number of fused-ring (bicyclic) bond motifs is 1. The van der Waals surface area contributed by atoms with Gasteiger partial charge in [0.15, 0.2) is 11.5 Å². The number of methoxy groups -OCH3 is 2. The Kier molecular flexibility index (Phi) is 4.77. The van der Waals surface area contributed by atoms with Crippen molar-refractivity contribution in [2.45, 2.75) is 6.17 Å². The van der Waals surface area contributed by atoms with Crippen molar-refractivity contribution in [3.05, 3.63) is 53.3 Å². The quantitative estimate of drug-likeness (QED) is 0.912. The highest BCUT2D eigenvalue weighted by Gasteiger charge is 2.29. The first-order valence-electron chi connectivity index (χ1n) is 8.78. The van der Waals surface area contributed by atoms with E-state index in [2.05, 4.69) is 27.3 Å². The van der Waals surface area contributed by atoms with E-state index in [1.54, 1.807) is 14.2 Å². The molecule has 0 bridgehead atoms. The third-order valence-electron chi connectivity index (χ3n) is 4.84. The Bertz CT molecular complexity index is 816. The van der Waals surface area contributed by atoms with Crippen molar-refractivity contribution in [1.82, 2.24) is 15.2 Å². The fourth-order valence-electron chi connectivity index (χ4n) is 3.56. The van der Waals surface area contributed by atoms with Gasteiger partial charge in [-0.1, -0.05) is 12.1 Å². The molecule has 6 nitrogen and oxygen atoms in total. The Labute approximate surface area is 153 Å². The molecule has 6 heteroatoms. The summed E-state index contributed by atoms with van der Waals surface area (Å²) in [4.78, 5) is 6.98. The Hall–Kier alpha value is -2.57. The smallest absolute Gasteiger partial charge is 0.169 e. The topological polar surface area (TPSA) is 55.9 Å². The molecule has 0 spiro atoms. The number of ether oxygens (including phenoxy) is 3. The number of rotatable bonds is 4. The lowest BCUT2D eigenvalue weighted by atomic mass is 9.99. The molecule has 0 saturated carbocycles. The molecule has 1 fully saturated rings. The van der Waals surface area contributed by atoms with Gasteiger partial charge < -0.3 is 19.5 Å². The zero-order valence-electron chi connectivity index (χ0n) is 15.1. The number of para-hydroxylation sites is 1. The summed E-state index contributed by atoms with van der Waals surface area (Å²) in [6.45, 7) is 3.26. The minimum absolute atomic E-state index is 0.0542. The van der Waals surface area contributed by atoms with Gasteiger partial charge in [-0.2, -0.15) is 0 Å². The van der Waals surface area contributed by atoms with E-state index in [0.717, 1.165) is 43.3 Å². The first kappa shape index (κ1) is 16.9. The molecule has 2 aliphatic heterocycles. The number of hydrogen-bond acceptors (Lipinski definition) is 6. The van der Waals surface area contributed by atoms with Gasteiger partial charge in [-0.25, -0.2) is 0 Å². The Morgan fingerprint density at radius 3 is 2.73 bits per heavy atom. The summed E-state index contributed by atoms with van der Waals surface area (Å²) in [6.07, 6.45) is 3.96. The van der Waals surface area contributed by atoms with Gasteiger partial charge in [-0.05, 0) is 24.3 Å². The van der Waals surface area contributed by atoms with Crippen molar-refractivity contribution in [2.75, 3.05) is 40.5 Å². The van der Waals surface area contributed by atoms with Gasteiger partial charge in [0.05, 0.1) is 33.1 Å². The minimum atomic E-state index is 0.0542. The zero-order chi connectivity index (χ0) is 17.9. The molecule has 0 amide bonds. The van der Waals surface area contributed by atoms with Crippen LogP contribution in [0.25, 0.3) is 11.8 Å². The minimum Gasteiger partial charge on any atom is -0.493 e. The van der Waals surface area contributed by atoms with Crippen molar-refractivity contribution >= 4 is 11.8 Å². The number of nitrogens with zero attached hydrogens (tertiary/aromatic N) is 2. The van der Waals surface area contributed by atoms with E-state index < -0.39 is 0 Å². The number of pyridine rings is 1. The first-order valence-corrected chi connectivity index (χ1v) is 8.78. The summed E-state index contributed by atoms with van der Waals surface area (Å²) in [5, 5.41) is 3.68. The van der Waals surface area contributed by atoms with Crippen LogP contribution in [0.3, 0.4) is 0 Å². The van der Waals surface area contributed by atoms with Gasteiger partial charge in [0.2, 0.25) is 0 Å². The molecule has 1 aromatic carbocycles. The molecule has 1 aromatic heterocycles. The maximum atomic E-state index is 5.63. The number of aromatic nitrogens is 1. The van der Waals surface area contributed by atoms with E-state index in [9.17, 15) is 0 Å². The third kappa shape index (κ3) is 3.02. The van der Waals surface area contributed by atoms with Crippen molar-refractivity contribution in [3.8, 4) is 11.5 Å². The Balaban J connectivity index is 1.77. The normalized spacial score (nSPS) is 19.9. The number of nitrogens with one attached hydrogen (secondary N) is 1. The van der Waals surface area contributed by atoms with Crippen LogP contribution >= 0.6 is 0 Å². The van der Waals surface area contributed by atoms with Gasteiger partial charge in [0.1, 0.15) is 6.17 Å². The summed E-state index contributed by atoms with van der Waals surface area (Å²) in [5.41, 5.74) is 4.09. The van der Waals surface area contributed by atoms with Crippen LogP contribution in [0.4, 0.5) is 0 Å². The molecule has 2 aromatic rings. The van der Waals surface area contributed by atoms with Gasteiger partial charge in [0.25, 0.3) is 0 Å². The first-order chi connectivity index (χ1) is 12.8. The molecule has 1 saturated heterocycles. The maximum Gasteiger partial charge on any atom is 0.169 e. The van der Waals surface area contributed by atoms with Crippen molar-refractivity contribution < 1.29 is 14.2 Å². The van der Waals surface area contributed by atoms with E-state index in [-0.39, 0.29) is 6.17 Å². The monoisotopic (exact) mass is 353 g/mol. The van der Waals surface area contributed by atoms with Crippen LogP contribution in [0, 0.1) is 0 Å². The summed E-state index contributed by atoms with van der Waals surface area (Å²) in [6, 6.07) is 10.0. The van der Waals surface area contributed by atoms with Gasteiger partial charge >= 0.3 is 0 Å². The molecule has 1 unspecified atom stereocenters. The average Bonchev–Trinajstić information content (AvgIpc) is 2.72. The van der Waals surface area contributed by atoms with Crippen LogP contribution in [-0.4, -0.2) is 50.4 Å². The second-order valence-corrected chi connectivity index (χ2v) is 6.27. The van der Waals surface area contributed by atoms with Crippen LogP contribution in [0.2, 0.25) is 0 Å². The van der Waals surface area contributed by atoms with Gasteiger partial charge in [0, 0.05) is 36.1 Å². The molecule has 0 radical (unpaired) electrons. The van der Waals surface area contributed by atoms with E-state index in [0.29, 0.717) is 11.5 Å². The summed E-state index contributed by atoms with van der Waals surface area (Å²) in [5.74, 6) is 1.43. The molecule has 26 heavy (non-hydrogen) atoms. The van der Waals surface area contributed by atoms with Gasteiger partial charge in [-0.3, -0.25) is 9.88 Å². The molecule has 136 valence electrons. The molecule has 3 heterocycles. The number of benzene rings is 1. The SMILES string of the molecule is COc1cccc(C2=Cc3ncccc3C(N3CCOCC3)N2)c1OC. The fourth-order valence-corrected chi connectivity index (χ4v) is 3.56. The lowest BCUT2D eigenvalue weighted by Gasteiger charge is -2.38. The molecular weight excluding hydrogens is 330 g/mol. The van der Waals surface area contributed by atoms with E-state index >= 15 is 0 Å². The van der Waals surface area contributed by atoms with Crippen LogP contribution in [0.5, 0.6) is 11.5 Å². The average molecular weight is 353 g/mol. The van der Waals surface area contributed by atoms with Crippen LogP contribution in [0.1, 0.15) is 23.0 Å². The lowest BCUT2D eigenvalue weighted by molar-refractivity contribution is 0.0117. The van der Waals surface area contributed by atoms with Crippen LogP contribution < -0.4 is 14.8 Å². The predicted octanol–water partition coefficient (Wildman–Crippen LogP) is 2.53. The second kappa shape index (κ2) is 7.35. The number of morpholine rings is 1. The van der Waals surface area contributed by atoms with E-state index in [1.165, 1.54) is 5.56 Å². The second-order valence-electron chi connectivity index (χ2n) is 6.27. The van der Waals surface area contributed by atoms with E-state index in [1.807, 2.05) is 30.5 Å². The highest BCUT2D eigenvalue weighted by atomic mass is 16.5. The van der Waals surface area contributed by atoms with E-state index in [4.69, 9.17) is 14.2 Å². The number of hydrogen-bond donors (Lipinski definition) is 1. The molecule has 1 atom stereocenters. The van der Waals surface area contributed by atoms with Crippen LogP contribution in [0.15, 0.2) is 36.5 Å². The summed E-state index contributed by atoms with van der Waals surface area (Å²) >= 11 is 0. The molecular formula is C20H23N3O3. The lowest BCUT2D eigenvalue weighted by Crippen LogP contribution is -2.45. The standard InChI is InChI=1S/C20H23N3O3/c1-24-18-7-3-5-14(19(18)25-2)17-13-16-15(6-4-8-21-16)20(22-17)23-9-11-26-12-10-23/h3-8,13,20,22H,9-12H2,1-2H3. The maximum absolute atomic E-state index is 5.63. The molecule has 2 aliphatic rings. The zero-order valence-corrected chi connectivity index (χ0v) is 15.1. The highest BCUT2D eigenvalue weighted by molar-refractivity contribution is 5.85. The fraction of sp³-hybridized carbons (Fsp3) is 0.350. The highest BCUT2D eigenvalue weighted by Crippen LogP contribution is 2.38. The van der Waals surface area contributed by atoms with Crippen molar-refractivity contribution in [2.24, 2.45) is 0 Å². The van der Waals surface area contributed by atoms with Gasteiger partial charge in [-0.15, -0.1) is 0 Å². The third-order valence-corrected chi connectivity index (χ3v) is 4.84. The molecule has 4 rings (SSSR count). The summed E-state index contributed by atoms with van der Waals surface area (Å²) in [7, 11) is 3.31. The van der Waals surface area contributed by atoms with Crippen molar-refractivity contribution in [1.29, 1.82) is 0 Å². The molecule has 0 aliphatic carbocycles. The predicted molar refractivity (Wildman–Crippen MR) is 99.9 cm³/mol. The summed E-state index contributed by atoms with van der Waals surface area (Å²) < 4.78 is 16.6. The van der Waals surface area contributed by atoms with Crippen molar-refractivity contribution in [3.63, 3.8) is 0 Å².